The average molecular weight is 333 g/mol. The molecule has 1 aliphatic heterocycles. The van der Waals surface area contributed by atoms with Crippen molar-refractivity contribution in [1.82, 2.24) is 9.80 Å². The molecule has 1 aromatic carbocycles. The van der Waals surface area contributed by atoms with E-state index in [1.807, 2.05) is 4.90 Å². The lowest BCUT2D eigenvalue weighted by Crippen LogP contribution is -2.49. The zero-order valence-electron chi connectivity index (χ0n) is 14.4. The van der Waals surface area contributed by atoms with Gasteiger partial charge in [-0.05, 0) is 48.4 Å². The summed E-state index contributed by atoms with van der Waals surface area (Å²) in [5, 5.41) is 0. The Bertz CT molecular complexity index is 550. The van der Waals surface area contributed by atoms with E-state index in [0.29, 0.717) is 17.6 Å². The zero-order valence-corrected chi connectivity index (χ0v) is 15.2. The number of aryl methyl sites for hydroxylation is 2. The number of nitrogens with zero attached hydrogens (tertiary/aromatic N) is 2. The second kappa shape index (κ2) is 7.71. The van der Waals surface area contributed by atoms with Crippen LogP contribution in [0.3, 0.4) is 0 Å². The van der Waals surface area contributed by atoms with Crippen molar-refractivity contribution in [3.63, 3.8) is 0 Å². The molecule has 0 N–H and O–H groups in total. The summed E-state index contributed by atoms with van der Waals surface area (Å²) in [6.07, 6.45) is 3.71. The molecule has 0 aromatic heterocycles. The highest BCUT2D eigenvalue weighted by molar-refractivity contribution is 8.00. The Morgan fingerprint density at radius 3 is 2.61 bits per heavy atom. The zero-order chi connectivity index (χ0) is 16.2. The predicted octanol–water partition coefficient (Wildman–Crippen LogP) is 3.07. The first-order chi connectivity index (χ1) is 11.1. The molecule has 0 saturated carbocycles. The van der Waals surface area contributed by atoms with Gasteiger partial charge in [0.15, 0.2) is 0 Å². The predicted molar refractivity (Wildman–Crippen MR) is 97.0 cm³/mol. The molecule has 23 heavy (non-hydrogen) atoms. The first kappa shape index (κ1) is 16.8. The highest BCUT2D eigenvalue weighted by atomic mass is 32.2. The van der Waals surface area contributed by atoms with Crippen molar-refractivity contribution in [2.24, 2.45) is 5.92 Å². The highest BCUT2D eigenvalue weighted by Gasteiger charge is 2.21. The minimum Gasteiger partial charge on any atom is -0.339 e. The lowest BCUT2D eigenvalue weighted by molar-refractivity contribution is -0.130. The van der Waals surface area contributed by atoms with Gasteiger partial charge in [0.1, 0.15) is 0 Å². The fraction of sp³-hybridized carbons (Fsp3) is 0.632. The topological polar surface area (TPSA) is 23.6 Å². The normalized spacial score (nSPS) is 18.5. The molecule has 3 rings (SSSR count). The molecule has 0 bridgehead atoms. The summed E-state index contributed by atoms with van der Waals surface area (Å²) in [7, 11) is 0. The Morgan fingerprint density at radius 1 is 1.13 bits per heavy atom. The number of thioether (sulfide) groups is 1. The Hall–Kier alpha value is -1.00. The van der Waals surface area contributed by atoms with Gasteiger partial charge in [0, 0.05) is 37.6 Å². The Labute approximate surface area is 144 Å². The van der Waals surface area contributed by atoms with Gasteiger partial charge in [-0.3, -0.25) is 9.69 Å². The molecule has 1 amide bonds. The van der Waals surface area contributed by atoms with Crippen LogP contribution in [0.5, 0.6) is 0 Å². The number of hydrogen-bond donors (Lipinski definition) is 0. The monoisotopic (exact) mass is 332 g/mol. The molecule has 1 aromatic rings. The maximum Gasteiger partial charge on any atom is 0.233 e. The number of fused-ring (bicyclic) bond motifs is 1. The third-order valence-electron chi connectivity index (χ3n) is 4.78. The van der Waals surface area contributed by atoms with E-state index in [0.717, 1.165) is 32.7 Å². The van der Waals surface area contributed by atoms with Gasteiger partial charge in [-0.1, -0.05) is 19.9 Å². The molecule has 1 heterocycles. The third kappa shape index (κ3) is 4.51. The van der Waals surface area contributed by atoms with Crippen molar-refractivity contribution >= 4 is 17.7 Å². The lowest BCUT2D eigenvalue weighted by atomic mass is 10.1. The number of carbonyl (C=O) groups is 1. The molecular weight excluding hydrogens is 304 g/mol. The van der Waals surface area contributed by atoms with Crippen LogP contribution in [0.25, 0.3) is 0 Å². The van der Waals surface area contributed by atoms with Crippen molar-refractivity contribution in [2.45, 2.75) is 38.0 Å². The van der Waals surface area contributed by atoms with Crippen LogP contribution in [0.15, 0.2) is 23.1 Å². The van der Waals surface area contributed by atoms with E-state index >= 15 is 0 Å². The molecular formula is C19H28N2OS. The second-order valence-electron chi connectivity index (χ2n) is 7.15. The van der Waals surface area contributed by atoms with Gasteiger partial charge in [-0.25, -0.2) is 0 Å². The fourth-order valence-electron chi connectivity index (χ4n) is 3.57. The maximum atomic E-state index is 12.4. The Morgan fingerprint density at radius 2 is 1.87 bits per heavy atom. The molecule has 126 valence electrons. The number of hydrogen-bond acceptors (Lipinski definition) is 3. The number of rotatable bonds is 5. The number of amides is 1. The molecule has 0 radical (unpaired) electrons. The van der Waals surface area contributed by atoms with Crippen LogP contribution in [0.4, 0.5) is 0 Å². The van der Waals surface area contributed by atoms with Crippen molar-refractivity contribution in [1.29, 1.82) is 0 Å². The standard InChI is InChI=1S/C19H28N2OS/c1-15(2)13-20-8-10-21(11-9-20)19(22)14-23-18-7-6-16-4-3-5-17(16)12-18/h6-7,12,15H,3-5,8-11,13-14H2,1-2H3. The summed E-state index contributed by atoms with van der Waals surface area (Å²) in [5.74, 6) is 1.57. The minimum atomic E-state index is 0.291. The van der Waals surface area contributed by atoms with E-state index < -0.39 is 0 Å². The smallest absolute Gasteiger partial charge is 0.233 e. The van der Waals surface area contributed by atoms with Gasteiger partial charge in [-0.2, -0.15) is 0 Å². The summed E-state index contributed by atoms with van der Waals surface area (Å²) in [6.45, 7) is 9.47. The molecule has 1 fully saturated rings. The van der Waals surface area contributed by atoms with Gasteiger partial charge in [-0.15, -0.1) is 11.8 Å². The highest BCUT2D eigenvalue weighted by Crippen LogP contribution is 2.27. The molecule has 4 heteroatoms. The van der Waals surface area contributed by atoms with Crippen LogP contribution >= 0.6 is 11.8 Å². The third-order valence-corrected chi connectivity index (χ3v) is 5.76. The van der Waals surface area contributed by atoms with Gasteiger partial charge in [0.25, 0.3) is 0 Å². The summed E-state index contributed by atoms with van der Waals surface area (Å²) < 4.78 is 0. The van der Waals surface area contributed by atoms with Crippen LogP contribution in [0, 0.1) is 5.92 Å². The minimum absolute atomic E-state index is 0.291. The van der Waals surface area contributed by atoms with Gasteiger partial charge >= 0.3 is 0 Å². The average Bonchev–Trinajstić information content (AvgIpc) is 3.00. The summed E-state index contributed by atoms with van der Waals surface area (Å²) >= 11 is 1.69. The van der Waals surface area contributed by atoms with E-state index in [1.165, 1.54) is 35.3 Å². The first-order valence-corrected chi connectivity index (χ1v) is 9.85. The number of carbonyl (C=O) groups excluding carboxylic acids is 1. The molecule has 0 spiro atoms. The van der Waals surface area contributed by atoms with Gasteiger partial charge in [0.2, 0.25) is 5.91 Å². The Balaban J connectivity index is 1.45. The summed E-state index contributed by atoms with van der Waals surface area (Å²) in [5.41, 5.74) is 2.99. The molecule has 0 atom stereocenters. The summed E-state index contributed by atoms with van der Waals surface area (Å²) in [4.78, 5) is 18.2. The maximum absolute atomic E-state index is 12.4. The first-order valence-electron chi connectivity index (χ1n) is 8.86. The van der Waals surface area contributed by atoms with Crippen LogP contribution < -0.4 is 0 Å². The molecule has 1 aliphatic carbocycles. The van der Waals surface area contributed by atoms with Crippen LogP contribution in [0.1, 0.15) is 31.4 Å². The molecule has 3 nitrogen and oxygen atoms in total. The van der Waals surface area contributed by atoms with Gasteiger partial charge < -0.3 is 4.90 Å². The molecule has 2 aliphatic rings. The van der Waals surface area contributed by atoms with E-state index in [4.69, 9.17) is 0 Å². The van der Waals surface area contributed by atoms with Crippen molar-refractivity contribution in [3.8, 4) is 0 Å². The van der Waals surface area contributed by atoms with Crippen LogP contribution in [-0.2, 0) is 17.6 Å². The summed E-state index contributed by atoms with van der Waals surface area (Å²) in [6, 6.07) is 6.73. The van der Waals surface area contributed by atoms with E-state index in [9.17, 15) is 4.79 Å². The quantitative estimate of drug-likeness (QED) is 0.774. The Kier molecular flexibility index (Phi) is 5.65. The fourth-order valence-corrected chi connectivity index (χ4v) is 4.43. The molecule has 1 saturated heterocycles. The second-order valence-corrected chi connectivity index (χ2v) is 8.20. The molecule has 0 unspecified atom stereocenters. The van der Waals surface area contributed by atoms with E-state index in [1.54, 1.807) is 11.8 Å². The van der Waals surface area contributed by atoms with Crippen molar-refractivity contribution in [3.05, 3.63) is 29.3 Å². The van der Waals surface area contributed by atoms with Crippen molar-refractivity contribution < 1.29 is 4.79 Å². The largest absolute Gasteiger partial charge is 0.339 e. The van der Waals surface area contributed by atoms with Gasteiger partial charge in [0.05, 0.1) is 5.75 Å². The number of benzene rings is 1. The van der Waals surface area contributed by atoms with Crippen LogP contribution in [-0.4, -0.2) is 54.2 Å². The van der Waals surface area contributed by atoms with Crippen LogP contribution in [0.2, 0.25) is 0 Å². The van der Waals surface area contributed by atoms with Crippen molar-refractivity contribution in [2.75, 3.05) is 38.5 Å². The number of piperazine rings is 1. The lowest BCUT2D eigenvalue weighted by Gasteiger charge is -2.35. The van der Waals surface area contributed by atoms with E-state index in [-0.39, 0.29) is 0 Å². The SMILES string of the molecule is CC(C)CN1CCN(C(=O)CSc2ccc3c(c2)CCC3)CC1. The van der Waals surface area contributed by atoms with E-state index in [2.05, 4.69) is 36.9 Å².